The number of hydrogen-bond donors (Lipinski definition) is 1. The average molecular weight is 310 g/mol. The van der Waals surface area contributed by atoms with Crippen molar-refractivity contribution in [3.8, 4) is 11.8 Å². The van der Waals surface area contributed by atoms with Crippen molar-refractivity contribution in [1.82, 2.24) is 0 Å². The minimum atomic E-state index is -4.95. The smallest absolute Gasteiger partial charge is 0.478 e. The van der Waals surface area contributed by atoms with E-state index < -0.39 is 23.6 Å². The van der Waals surface area contributed by atoms with Crippen molar-refractivity contribution in [1.29, 1.82) is 5.26 Å². The summed E-state index contributed by atoms with van der Waals surface area (Å²) in [4.78, 5) is 10.7. The van der Waals surface area contributed by atoms with E-state index in [1.54, 1.807) is 0 Å². The fourth-order valence-electron chi connectivity index (χ4n) is 1.02. The van der Waals surface area contributed by atoms with Gasteiger partial charge < -0.3 is 9.84 Å². The molecule has 0 unspecified atom stereocenters. The number of rotatable bonds is 2. The van der Waals surface area contributed by atoms with E-state index in [4.69, 9.17) is 10.4 Å². The molecule has 0 radical (unpaired) electrons. The van der Waals surface area contributed by atoms with E-state index in [9.17, 15) is 18.0 Å². The molecule has 0 aliphatic carbocycles. The van der Waals surface area contributed by atoms with E-state index in [1.807, 2.05) is 0 Å². The second-order valence-electron chi connectivity index (χ2n) is 2.79. The molecule has 0 bridgehead atoms. The molecule has 0 atom stereocenters. The molecule has 8 heteroatoms. The van der Waals surface area contributed by atoms with Crippen molar-refractivity contribution in [2.75, 3.05) is 0 Å². The molecule has 0 saturated heterocycles. The summed E-state index contributed by atoms with van der Waals surface area (Å²) < 4.78 is 39.4. The predicted molar refractivity (Wildman–Crippen MR) is 52.5 cm³/mol. The highest BCUT2D eigenvalue weighted by molar-refractivity contribution is 9.10. The van der Waals surface area contributed by atoms with Crippen LogP contribution in [0.1, 0.15) is 15.9 Å². The number of halogens is 4. The van der Waals surface area contributed by atoms with Gasteiger partial charge in [-0.15, -0.1) is 13.2 Å². The molecule has 17 heavy (non-hydrogen) atoms. The summed E-state index contributed by atoms with van der Waals surface area (Å²) in [5.41, 5.74) is -0.834. The number of hydrogen-bond acceptors (Lipinski definition) is 3. The molecule has 0 aliphatic rings. The second-order valence-corrected chi connectivity index (χ2v) is 3.65. The molecule has 0 aliphatic heterocycles. The molecule has 1 aromatic carbocycles. The van der Waals surface area contributed by atoms with E-state index in [-0.39, 0.29) is 10.0 Å². The number of carboxylic acid groups (broad SMARTS) is 1. The van der Waals surface area contributed by atoms with Gasteiger partial charge in [-0.1, -0.05) is 0 Å². The largest absolute Gasteiger partial charge is 0.573 e. The monoisotopic (exact) mass is 309 g/mol. The minimum Gasteiger partial charge on any atom is -0.478 e. The number of ether oxygens (including phenoxy) is 1. The van der Waals surface area contributed by atoms with Crippen LogP contribution < -0.4 is 4.74 Å². The fraction of sp³-hybridized carbons (Fsp3) is 0.111. The summed E-state index contributed by atoms with van der Waals surface area (Å²) in [6, 6.07) is 3.02. The van der Waals surface area contributed by atoms with Gasteiger partial charge in [-0.3, -0.25) is 0 Å². The van der Waals surface area contributed by atoms with Crippen LogP contribution in [0.15, 0.2) is 16.6 Å². The third kappa shape index (κ3) is 3.35. The van der Waals surface area contributed by atoms with Gasteiger partial charge in [-0.2, -0.15) is 5.26 Å². The van der Waals surface area contributed by atoms with Crippen LogP contribution in [-0.2, 0) is 0 Å². The van der Waals surface area contributed by atoms with E-state index in [0.29, 0.717) is 0 Å². The van der Waals surface area contributed by atoms with Crippen LogP contribution in [0.5, 0.6) is 5.75 Å². The Morgan fingerprint density at radius 3 is 2.47 bits per heavy atom. The molecular weight excluding hydrogens is 307 g/mol. The Balaban J connectivity index is 3.30. The van der Waals surface area contributed by atoms with Crippen LogP contribution in [0.3, 0.4) is 0 Å². The lowest BCUT2D eigenvalue weighted by Gasteiger charge is -2.11. The van der Waals surface area contributed by atoms with Gasteiger partial charge in [-0.05, 0) is 28.1 Å². The summed E-state index contributed by atoms with van der Waals surface area (Å²) in [5, 5.41) is 17.3. The first-order valence-corrected chi connectivity index (χ1v) is 4.76. The van der Waals surface area contributed by atoms with Gasteiger partial charge in [0, 0.05) is 4.47 Å². The lowest BCUT2D eigenvalue weighted by molar-refractivity contribution is -0.274. The summed E-state index contributed by atoms with van der Waals surface area (Å²) >= 11 is 2.78. The summed E-state index contributed by atoms with van der Waals surface area (Å²) in [6.07, 6.45) is -4.95. The van der Waals surface area contributed by atoms with Crippen LogP contribution in [0.2, 0.25) is 0 Å². The Hall–Kier alpha value is -1.75. The van der Waals surface area contributed by atoms with Gasteiger partial charge in [0.15, 0.2) is 0 Å². The van der Waals surface area contributed by atoms with Crippen molar-refractivity contribution in [2.24, 2.45) is 0 Å². The number of alkyl halides is 3. The van der Waals surface area contributed by atoms with Gasteiger partial charge in [0.2, 0.25) is 0 Å². The minimum absolute atomic E-state index is 0.108. The number of nitriles is 1. The maximum atomic E-state index is 12.0. The van der Waals surface area contributed by atoms with Crippen molar-refractivity contribution in [2.45, 2.75) is 6.36 Å². The summed E-state index contributed by atoms with van der Waals surface area (Å²) in [7, 11) is 0. The fourth-order valence-corrected chi connectivity index (χ4v) is 1.51. The Morgan fingerprint density at radius 2 is 2.06 bits per heavy atom. The Morgan fingerprint density at radius 1 is 1.47 bits per heavy atom. The second kappa shape index (κ2) is 4.63. The molecule has 0 saturated carbocycles. The molecule has 0 spiro atoms. The van der Waals surface area contributed by atoms with E-state index >= 15 is 0 Å². The topological polar surface area (TPSA) is 70.3 Å². The zero-order valence-electron chi connectivity index (χ0n) is 7.88. The Kier molecular flexibility index (Phi) is 3.63. The van der Waals surface area contributed by atoms with Gasteiger partial charge in [0.25, 0.3) is 0 Å². The van der Waals surface area contributed by atoms with Gasteiger partial charge >= 0.3 is 12.3 Å². The van der Waals surface area contributed by atoms with Crippen molar-refractivity contribution in [3.63, 3.8) is 0 Å². The summed E-state index contributed by atoms with van der Waals surface area (Å²) in [6.45, 7) is 0. The lowest BCUT2D eigenvalue weighted by Crippen LogP contribution is -2.18. The van der Waals surface area contributed by atoms with Gasteiger partial charge in [0.05, 0.1) is 11.1 Å². The van der Waals surface area contributed by atoms with Crippen LogP contribution in [-0.4, -0.2) is 17.4 Å². The molecule has 4 nitrogen and oxygen atoms in total. The van der Waals surface area contributed by atoms with Gasteiger partial charge in [0.1, 0.15) is 11.8 Å². The molecule has 90 valence electrons. The van der Waals surface area contributed by atoms with Crippen molar-refractivity contribution >= 4 is 21.9 Å². The Bertz CT molecular complexity index is 507. The maximum Gasteiger partial charge on any atom is 0.573 e. The normalized spacial score (nSPS) is 10.8. The molecule has 1 N–H and O–H groups in total. The maximum absolute atomic E-state index is 12.0. The molecule has 0 fully saturated rings. The highest BCUT2D eigenvalue weighted by Crippen LogP contribution is 2.31. The first kappa shape index (κ1) is 13.3. The highest BCUT2D eigenvalue weighted by Gasteiger charge is 2.32. The van der Waals surface area contributed by atoms with Gasteiger partial charge in [-0.25, -0.2) is 4.79 Å². The van der Waals surface area contributed by atoms with Crippen molar-refractivity contribution < 1.29 is 27.8 Å². The first-order chi connectivity index (χ1) is 7.74. The van der Waals surface area contributed by atoms with E-state index in [1.165, 1.54) is 6.07 Å². The molecule has 0 heterocycles. The number of aromatic carboxylic acids is 1. The van der Waals surface area contributed by atoms with Crippen molar-refractivity contribution in [3.05, 3.63) is 27.7 Å². The molecule has 0 amide bonds. The number of benzene rings is 1. The van der Waals surface area contributed by atoms with E-state index in [0.717, 1.165) is 12.1 Å². The van der Waals surface area contributed by atoms with Crippen LogP contribution in [0.4, 0.5) is 13.2 Å². The molecule has 0 aromatic heterocycles. The zero-order valence-corrected chi connectivity index (χ0v) is 9.46. The third-order valence-corrected chi connectivity index (χ3v) is 2.30. The van der Waals surface area contributed by atoms with Crippen LogP contribution in [0, 0.1) is 11.3 Å². The third-order valence-electron chi connectivity index (χ3n) is 1.65. The SMILES string of the molecule is N#Cc1cc(C(=O)O)c(Br)cc1OC(F)(F)F. The summed E-state index contributed by atoms with van der Waals surface area (Å²) in [5.74, 6) is -2.12. The zero-order chi connectivity index (χ0) is 13.2. The first-order valence-electron chi connectivity index (χ1n) is 3.97. The predicted octanol–water partition coefficient (Wildman–Crippen LogP) is 2.92. The van der Waals surface area contributed by atoms with Crippen LogP contribution >= 0.6 is 15.9 Å². The lowest BCUT2D eigenvalue weighted by atomic mass is 10.1. The number of carboxylic acids is 1. The highest BCUT2D eigenvalue weighted by atomic mass is 79.9. The quantitative estimate of drug-likeness (QED) is 0.912. The van der Waals surface area contributed by atoms with E-state index in [2.05, 4.69) is 20.7 Å². The van der Waals surface area contributed by atoms with Crippen LogP contribution in [0.25, 0.3) is 0 Å². The number of carbonyl (C=O) groups is 1. The average Bonchev–Trinajstić information content (AvgIpc) is 2.14. The molecule has 1 rings (SSSR count). The molecule has 1 aromatic rings. The standard InChI is InChI=1S/C9H3BrF3NO3/c10-6-2-7(17-9(11,12)13)4(3-14)1-5(6)8(15)16/h1-2H,(H,15,16). The molecular formula is C9H3BrF3NO3. The number of nitrogens with zero attached hydrogens (tertiary/aromatic N) is 1. The Labute approximate surface area is 101 Å².